The highest BCUT2D eigenvalue weighted by Crippen LogP contribution is 2.29. The summed E-state index contributed by atoms with van der Waals surface area (Å²) < 4.78 is 7.37. The number of fused-ring (bicyclic) bond motifs is 1. The summed E-state index contributed by atoms with van der Waals surface area (Å²) in [6.45, 7) is 6.79. The van der Waals surface area contributed by atoms with Crippen molar-refractivity contribution in [3.63, 3.8) is 0 Å². The molecule has 1 N–H and O–H groups in total. The molecule has 1 heterocycles. The van der Waals surface area contributed by atoms with Gasteiger partial charge in [0.15, 0.2) is 0 Å². The largest absolute Gasteiger partial charge is 0.497 e. The van der Waals surface area contributed by atoms with Gasteiger partial charge in [0.2, 0.25) is 0 Å². The van der Waals surface area contributed by atoms with Crippen molar-refractivity contribution in [1.82, 2.24) is 9.55 Å². The van der Waals surface area contributed by atoms with Gasteiger partial charge in [-0.1, -0.05) is 13.8 Å². The highest BCUT2D eigenvalue weighted by molar-refractivity contribution is 5.78. The molecule has 0 bridgehead atoms. The lowest BCUT2D eigenvalue weighted by atomic mass is 9.85. The molecule has 0 radical (unpaired) electrons. The van der Waals surface area contributed by atoms with Crippen LogP contribution >= 0.6 is 0 Å². The van der Waals surface area contributed by atoms with Crippen LogP contribution < -0.4 is 4.74 Å². The van der Waals surface area contributed by atoms with E-state index < -0.39 is 5.97 Å². The third-order valence-corrected chi connectivity index (χ3v) is 3.62. The normalized spacial score (nSPS) is 11.8. The zero-order valence-corrected chi connectivity index (χ0v) is 13.0. The summed E-state index contributed by atoms with van der Waals surface area (Å²) >= 11 is 0. The highest BCUT2D eigenvalue weighted by Gasteiger charge is 2.25. The maximum absolute atomic E-state index is 11.0. The Morgan fingerprint density at radius 1 is 1.43 bits per heavy atom. The molecule has 0 aliphatic heterocycles. The molecule has 0 saturated heterocycles. The highest BCUT2D eigenvalue weighted by atomic mass is 16.5. The lowest BCUT2D eigenvalue weighted by Crippen LogP contribution is -2.21. The summed E-state index contributed by atoms with van der Waals surface area (Å²) in [4.78, 5) is 15.6. The number of aryl methyl sites for hydroxylation is 1. The minimum Gasteiger partial charge on any atom is -0.497 e. The van der Waals surface area contributed by atoms with E-state index in [1.165, 1.54) is 0 Å². The van der Waals surface area contributed by atoms with Gasteiger partial charge in [-0.05, 0) is 24.5 Å². The third-order valence-electron chi connectivity index (χ3n) is 3.62. The SMILES string of the molecule is CCn1c(CC(C)(C)CC(=O)O)nc2cc(OC)ccc21. The maximum Gasteiger partial charge on any atom is 0.303 e. The number of carbonyl (C=O) groups is 1. The van der Waals surface area contributed by atoms with Gasteiger partial charge in [0, 0.05) is 19.0 Å². The molecule has 0 spiro atoms. The Labute approximate surface area is 124 Å². The number of imidazole rings is 1. The van der Waals surface area contributed by atoms with Crippen LogP contribution in [0, 0.1) is 5.41 Å². The molecule has 0 aliphatic carbocycles. The van der Waals surface area contributed by atoms with Gasteiger partial charge in [-0.15, -0.1) is 0 Å². The fraction of sp³-hybridized carbons (Fsp3) is 0.500. The smallest absolute Gasteiger partial charge is 0.303 e. The Morgan fingerprint density at radius 3 is 2.71 bits per heavy atom. The van der Waals surface area contributed by atoms with Gasteiger partial charge in [-0.25, -0.2) is 4.98 Å². The molecule has 1 aromatic carbocycles. The Balaban J connectivity index is 2.41. The monoisotopic (exact) mass is 290 g/mol. The molecule has 0 amide bonds. The summed E-state index contributed by atoms with van der Waals surface area (Å²) in [5.74, 6) is 0.924. The van der Waals surface area contributed by atoms with Gasteiger partial charge in [-0.2, -0.15) is 0 Å². The van der Waals surface area contributed by atoms with E-state index in [-0.39, 0.29) is 11.8 Å². The zero-order chi connectivity index (χ0) is 15.6. The molecule has 5 nitrogen and oxygen atoms in total. The molecule has 0 fully saturated rings. The van der Waals surface area contributed by atoms with Gasteiger partial charge >= 0.3 is 5.97 Å². The van der Waals surface area contributed by atoms with Gasteiger partial charge < -0.3 is 14.4 Å². The molecule has 0 atom stereocenters. The number of ether oxygens (including phenoxy) is 1. The summed E-state index contributed by atoms with van der Waals surface area (Å²) in [5.41, 5.74) is 1.61. The number of benzene rings is 1. The Morgan fingerprint density at radius 2 is 2.14 bits per heavy atom. The second-order valence-corrected chi connectivity index (χ2v) is 6.04. The van der Waals surface area contributed by atoms with Crippen LogP contribution in [0.5, 0.6) is 5.75 Å². The number of methoxy groups -OCH3 is 1. The van der Waals surface area contributed by atoms with E-state index in [9.17, 15) is 4.79 Å². The van der Waals surface area contributed by atoms with Gasteiger partial charge in [-0.3, -0.25) is 4.79 Å². The molecule has 21 heavy (non-hydrogen) atoms. The van der Waals surface area contributed by atoms with Crippen LogP contribution in [-0.4, -0.2) is 27.7 Å². The number of hydrogen-bond donors (Lipinski definition) is 1. The Kier molecular flexibility index (Phi) is 4.21. The average molecular weight is 290 g/mol. The predicted molar refractivity (Wildman–Crippen MR) is 81.7 cm³/mol. The molecule has 0 unspecified atom stereocenters. The second-order valence-electron chi connectivity index (χ2n) is 6.04. The van der Waals surface area contributed by atoms with Crippen molar-refractivity contribution in [3.8, 4) is 5.75 Å². The number of nitrogens with zero attached hydrogens (tertiary/aromatic N) is 2. The van der Waals surface area contributed by atoms with Crippen molar-refractivity contribution in [2.24, 2.45) is 5.41 Å². The Bertz CT molecular complexity index is 659. The third kappa shape index (κ3) is 3.35. The molecule has 0 aliphatic rings. The van der Waals surface area contributed by atoms with Crippen molar-refractivity contribution in [2.75, 3.05) is 7.11 Å². The molecule has 1 aromatic heterocycles. The molecule has 0 saturated carbocycles. The second kappa shape index (κ2) is 5.76. The number of hydrogen-bond acceptors (Lipinski definition) is 3. The average Bonchev–Trinajstić information content (AvgIpc) is 2.71. The fourth-order valence-corrected chi connectivity index (χ4v) is 2.67. The number of aliphatic carboxylic acids is 1. The minimum atomic E-state index is -0.777. The molecule has 2 rings (SSSR count). The van der Waals surface area contributed by atoms with Crippen molar-refractivity contribution in [3.05, 3.63) is 24.0 Å². The number of carboxylic acid groups (broad SMARTS) is 1. The quantitative estimate of drug-likeness (QED) is 0.887. The Hall–Kier alpha value is -2.04. The van der Waals surface area contributed by atoms with Crippen LogP contribution in [0.3, 0.4) is 0 Å². The number of carboxylic acids is 1. The van der Waals surface area contributed by atoms with E-state index in [0.29, 0.717) is 6.42 Å². The van der Waals surface area contributed by atoms with E-state index in [0.717, 1.165) is 29.2 Å². The van der Waals surface area contributed by atoms with Crippen LogP contribution in [0.15, 0.2) is 18.2 Å². The number of rotatable bonds is 6. The number of aromatic nitrogens is 2. The maximum atomic E-state index is 11.0. The summed E-state index contributed by atoms with van der Waals surface area (Å²) in [6, 6.07) is 5.83. The molecular formula is C16H22N2O3. The predicted octanol–water partition coefficient (Wildman–Crippen LogP) is 3.11. The summed E-state index contributed by atoms with van der Waals surface area (Å²) in [5, 5.41) is 9.02. The fourth-order valence-electron chi connectivity index (χ4n) is 2.67. The standard InChI is InChI=1S/C16H22N2O3/c1-5-18-13-7-6-11(21-4)8-12(13)17-14(18)9-16(2,3)10-15(19)20/h6-8H,5,9-10H2,1-4H3,(H,19,20). The van der Waals surface area contributed by atoms with Crippen molar-refractivity contribution in [1.29, 1.82) is 0 Å². The van der Waals surface area contributed by atoms with E-state index >= 15 is 0 Å². The minimum absolute atomic E-state index is 0.128. The van der Waals surface area contributed by atoms with Crippen molar-refractivity contribution in [2.45, 2.75) is 40.2 Å². The van der Waals surface area contributed by atoms with Crippen LogP contribution in [-0.2, 0) is 17.8 Å². The van der Waals surface area contributed by atoms with E-state index in [2.05, 4.69) is 16.5 Å². The van der Waals surface area contributed by atoms with E-state index in [1.54, 1.807) is 7.11 Å². The molecule has 5 heteroatoms. The first-order valence-electron chi connectivity index (χ1n) is 7.11. The summed E-state index contributed by atoms with van der Waals surface area (Å²) in [7, 11) is 1.63. The van der Waals surface area contributed by atoms with Crippen molar-refractivity contribution < 1.29 is 14.6 Å². The van der Waals surface area contributed by atoms with Gasteiger partial charge in [0.05, 0.1) is 24.6 Å². The first kappa shape index (κ1) is 15.4. The van der Waals surface area contributed by atoms with Crippen molar-refractivity contribution >= 4 is 17.0 Å². The van der Waals surface area contributed by atoms with Crippen LogP contribution in [0.1, 0.15) is 33.0 Å². The first-order chi connectivity index (χ1) is 9.86. The van der Waals surface area contributed by atoms with E-state index in [4.69, 9.17) is 9.84 Å². The zero-order valence-electron chi connectivity index (χ0n) is 13.0. The van der Waals surface area contributed by atoms with Crippen LogP contribution in [0.4, 0.5) is 0 Å². The molecule has 2 aromatic rings. The van der Waals surface area contributed by atoms with Gasteiger partial charge in [0.1, 0.15) is 11.6 Å². The lowest BCUT2D eigenvalue weighted by Gasteiger charge is -2.22. The lowest BCUT2D eigenvalue weighted by molar-refractivity contribution is -0.139. The molecular weight excluding hydrogens is 268 g/mol. The molecule has 114 valence electrons. The van der Waals surface area contributed by atoms with E-state index in [1.807, 2.05) is 32.0 Å². The van der Waals surface area contributed by atoms with Gasteiger partial charge in [0.25, 0.3) is 0 Å². The topological polar surface area (TPSA) is 64.4 Å². The first-order valence-corrected chi connectivity index (χ1v) is 7.11. The summed E-state index contributed by atoms with van der Waals surface area (Å²) in [6.07, 6.45) is 0.757. The van der Waals surface area contributed by atoms with Crippen LogP contribution in [0.2, 0.25) is 0 Å². The van der Waals surface area contributed by atoms with Crippen LogP contribution in [0.25, 0.3) is 11.0 Å².